The van der Waals surface area contributed by atoms with Crippen molar-refractivity contribution in [2.75, 3.05) is 27.2 Å². The number of hydrogen-bond donors (Lipinski definition) is 4. The number of rotatable bonds is 6. The van der Waals surface area contributed by atoms with Gasteiger partial charge in [0.25, 0.3) is 0 Å². The van der Waals surface area contributed by atoms with Crippen molar-refractivity contribution < 1.29 is 19.8 Å². The molecule has 1 saturated carbocycles. The molecule has 7 heteroatoms. The monoisotopic (exact) mass is 259 g/mol. The van der Waals surface area contributed by atoms with Gasteiger partial charge in [0.15, 0.2) is 6.04 Å². The molecule has 0 spiro atoms. The molecule has 1 atom stereocenters. The molecule has 0 aliphatic heterocycles. The molecule has 0 bridgehead atoms. The van der Waals surface area contributed by atoms with Crippen molar-refractivity contribution in [1.82, 2.24) is 15.5 Å². The molecular weight excluding hydrogens is 238 g/mol. The minimum absolute atomic E-state index is 0.0186. The van der Waals surface area contributed by atoms with Crippen LogP contribution in [-0.4, -0.2) is 65.9 Å². The first kappa shape index (κ1) is 14.7. The third-order valence-corrected chi connectivity index (χ3v) is 3.60. The van der Waals surface area contributed by atoms with Crippen molar-refractivity contribution in [3.63, 3.8) is 0 Å². The van der Waals surface area contributed by atoms with E-state index in [1.54, 1.807) is 0 Å². The molecule has 7 nitrogen and oxygen atoms in total. The molecular formula is C11H21N3O4. The number of amides is 2. The Morgan fingerprint density at radius 3 is 2.33 bits per heavy atom. The predicted octanol–water partition coefficient (Wildman–Crippen LogP) is -0.785. The molecule has 1 aliphatic carbocycles. The van der Waals surface area contributed by atoms with Gasteiger partial charge >= 0.3 is 12.0 Å². The number of carboxylic acid groups (broad SMARTS) is 1. The number of urea groups is 1. The Morgan fingerprint density at radius 1 is 1.39 bits per heavy atom. The highest BCUT2D eigenvalue weighted by atomic mass is 16.4. The first-order valence-electron chi connectivity index (χ1n) is 5.97. The summed E-state index contributed by atoms with van der Waals surface area (Å²) in [7, 11) is 3.93. The number of nitrogens with zero attached hydrogens (tertiary/aromatic N) is 1. The molecule has 1 fully saturated rings. The largest absolute Gasteiger partial charge is 0.480 e. The first-order valence-corrected chi connectivity index (χ1v) is 5.97. The third kappa shape index (κ3) is 3.33. The van der Waals surface area contributed by atoms with Crippen molar-refractivity contribution >= 4 is 12.0 Å². The summed E-state index contributed by atoms with van der Waals surface area (Å²) in [6.45, 7) is -0.148. The van der Waals surface area contributed by atoms with Gasteiger partial charge in [0.1, 0.15) is 0 Å². The van der Waals surface area contributed by atoms with Gasteiger partial charge in [0.05, 0.1) is 6.61 Å². The molecule has 0 aromatic carbocycles. The minimum Gasteiger partial charge on any atom is -0.480 e. The minimum atomic E-state index is -1.26. The Labute approximate surface area is 106 Å². The topological polar surface area (TPSA) is 102 Å². The fraction of sp³-hybridized carbons (Fsp3) is 0.818. The van der Waals surface area contributed by atoms with Crippen LogP contribution >= 0.6 is 0 Å². The van der Waals surface area contributed by atoms with Crippen LogP contribution in [0.3, 0.4) is 0 Å². The molecule has 2 amide bonds. The highest BCUT2D eigenvalue weighted by Crippen LogP contribution is 2.35. The molecule has 0 aromatic heterocycles. The second kappa shape index (κ2) is 6.01. The van der Waals surface area contributed by atoms with Gasteiger partial charge in [-0.3, -0.25) is 0 Å². The third-order valence-electron chi connectivity index (χ3n) is 3.60. The SMILES string of the molecule is CN(C)C1(CNC(=O)N[C@@H](CO)C(=O)O)CCC1. The molecule has 1 aliphatic rings. The molecule has 0 saturated heterocycles. The number of likely N-dealkylation sites (N-methyl/N-ethyl adjacent to an activating group) is 1. The molecule has 104 valence electrons. The lowest BCUT2D eigenvalue weighted by Crippen LogP contribution is -2.59. The van der Waals surface area contributed by atoms with E-state index in [4.69, 9.17) is 10.2 Å². The Hall–Kier alpha value is -1.34. The summed E-state index contributed by atoms with van der Waals surface area (Å²) >= 11 is 0. The van der Waals surface area contributed by atoms with Crippen LogP contribution in [-0.2, 0) is 4.79 Å². The standard InChI is InChI=1S/C11H21N3O4/c1-14(2)11(4-3-5-11)7-12-10(18)13-8(6-15)9(16)17/h8,15H,3-7H2,1-2H3,(H,16,17)(H2,12,13,18)/t8-/m0/s1. The number of carboxylic acids is 1. The fourth-order valence-corrected chi connectivity index (χ4v) is 2.01. The zero-order chi connectivity index (χ0) is 13.8. The maximum atomic E-state index is 11.5. The average molecular weight is 259 g/mol. The lowest BCUT2D eigenvalue weighted by molar-refractivity contribution is -0.140. The van der Waals surface area contributed by atoms with Crippen molar-refractivity contribution in [2.24, 2.45) is 0 Å². The van der Waals surface area contributed by atoms with E-state index in [0.717, 1.165) is 19.3 Å². The summed E-state index contributed by atoms with van der Waals surface area (Å²) in [5, 5.41) is 22.3. The van der Waals surface area contributed by atoms with E-state index < -0.39 is 24.6 Å². The number of hydrogen-bond acceptors (Lipinski definition) is 4. The van der Waals surface area contributed by atoms with Crippen LogP contribution in [0.15, 0.2) is 0 Å². The lowest BCUT2D eigenvalue weighted by atomic mass is 9.75. The number of nitrogens with one attached hydrogen (secondary N) is 2. The zero-order valence-electron chi connectivity index (χ0n) is 10.8. The maximum Gasteiger partial charge on any atom is 0.328 e. The van der Waals surface area contributed by atoms with Crippen molar-refractivity contribution in [2.45, 2.75) is 30.8 Å². The number of carbonyl (C=O) groups excluding carboxylic acids is 1. The van der Waals surface area contributed by atoms with E-state index >= 15 is 0 Å². The van der Waals surface area contributed by atoms with Crippen LogP contribution in [0, 0.1) is 0 Å². The fourth-order valence-electron chi connectivity index (χ4n) is 2.01. The molecule has 4 N–H and O–H groups in total. The normalized spacial score (nSPS) is 18.9. The van der Waals surface area contributed by atoms with E-state index in [9.17, 15) is 9.59 Å². The highest BCUT2D eigenvalue weighted by molar-refractivity contribution is 5.82. The number of aliphatic hydroxyl groups excluding tert-OH is 1. The number of carbonyl (C=O) groups is 2. The van der Waals surface area contributed by atoms with Gasteiger partial charge in [0.2, 0.25) is 0 Å². The smallest absolute Gasteiger partial charge is 0.328 e. The summed E-state index contributed by atoms with van der Waals surface area (Å²) in [5.74, 6) is -1.25. The molecule has 18 heavy (non-hydrogen) atoms. The summed E-state index contributed by atoms with van der Waals surface area (Å²) in [6, 6.07) is -1.83. The summed E-state index contributed by atoms with van der Waals surface area (Å²) in [4.78, 5) is 24.2. The van der Waals surface area contributed by atoms with Crippen molar-refractivity contribution in [3.8, 4) is 0 Å². The van der Waals surface area contributed by atoms with Gasteiger partial charge in [-0.25, -0.2) is 9.59 Å². The second-order valence-corrected chi connectivity index (χ2v) is 4.87. The van der Waals surface area contributed by atoms with Crippen molar-refractivity contribution in [3.05, 3.63) is 0 Å². The van der Waals surface area contributed by atoms with Gasteiger partial charge in [-0.05, 0) is 33.4 Å². The lowest BCUT2D eigenvalue weighted by Gasteiger charge is -2.47. The van der Waals surface area contributed by atoms with Crippen LogP contribution in [0.1, 0.15) is 19.3 Å². The second-order valence-electron chi connectivity index (χ2n) is 4.87. The van der Waals surface area contributed by atoms with E-state index in [2.05, 4.69) is 15.5 Å². The Bertz CT molecular complexity index is 315. The molecule has 0 aromatic rings. The summed E-state index contributed by atoms with van der Waals surface area (Å²) < 4.78 is 0. The van der Waals surface area contributed by atoms with Crippen LogP contribution in [0.4, 0.5) is 4.79 Å². The van der Waals surface area contributed by atoms with Gasteiger partial charge in [-0.1, -0.05) is 0 Å². The van der Waals surface area contributed by atoms with Gasteiger partial charge in [0, 0.05) is 12.1 Å². The van der Waals surface area contributed by atoms with E-state index in [-0.39, 0.29) is 5.54 Å². The predicted molar refractivity (Wildman–Crippen MR) is 65.3 cm³/mol. The molecule has 1 rings (SSSR count). The quantitative estimate of drug-likeness (QED) is 0.501. The van der Waals surface area contributed by atoms with Crippen molar-refractivity contribution in [1.29, 1.82) is 0 Å². The summed E-state index contributed by atoms with van der Waals surface area (Å²) in [5.41, 5.74) is -0.0186. The van der Waals surface area contributed by atoms with Gasteiger partial charge in [-0.2, -0.15) is 0 Å². The highest BCUT2D eigenvalue weighted by Gasteiger charge is 2.39. The number of aliphatic hydroxyl groups is 1. The maximum absolute atomic E-state index is 11.5. The number of aliphatic carboxylic acids is 1. The average Bonchev–Trinajstić information content (AvgIpc) is 2.23. The first-order chi connectivity index (χ1) is 8.41. The molecule has 0 heterocycles. The Balaban J connectivity index is 2.39. The Kier molecular flexibility index (Phi) is 4.92. The van der Waals surface area contributed by atoms with E-state index in [1.165, 1.54) is 0 Å². The van der Waals surface area contributed by atoms with Crippen LogP contribution in [0.25, 0.3) is 0 Å². The molecule has 0 unspecified atom stereocenters. The van der Waals surface area contributed by atoms with Crippen LogP contribution in [0.2, 0.25) is 0 Å². The van der Waals surface area contributed by atoms with Crippen LogP contribution < -0.4 is 10.6 Å². The van der Waals surface area contributed by atoms with Gasteiger partial charge in [-0.15, -0.1) is 0 Å². The van der Waals surface area contributed by atoms with Crippen LogP contribution in [0.5, 0.6) is 0 Å². The van der Waals surface area contributed by atoms with E-state index in [1.807, 2.05) is 14.1 Å². The molecule has 0 radical (unpaired) electrons. The zero-order valence-corrected chi connectivity index (χ0v) is 10.8. The summed E-state index contributed by atoms with van der Waals surface area (Å²) in [6.07, 6.45) is 3.17. The Morgan fingerprint density at radius 2 is 2.00 bits per heavy atom. The van der Waals surface area contributed by atoms with E-state index in [0.29, 0.717) is 6.54 Å². The van der Waals surface area contributed by atoms with Gasteiger partial charge < -0.3 is 25.7 Å².